The number of para-hydroxylation sites is 1. The first kappa shape index (κ1) is 19.8. The van der Waals surface area contributed by atoms with Crippen molar-refractivity contribution in [1.29, 1.82) is 0 Å². The molecule has 0 atom stereocenters. The molecule has 0 saturated carbocycles. The average Bonchev–Trinajstić information content (AvgIpc) is 3.45. The summed E-state index contributed by atoms with van der Waals surface area (Å²) in [5, 5.41) is 5.12. The summed E-state index contributed by atoms with van der Waals surface area (Å²) in [7, 11) is 0. The number of fused-ring (bicyclic) bond motifs is 1. The van der Waals surface area contributed by atoms with Crippen LogP contribution in [0.4, 0.5) is 0 Å². The van der Waals surface area contributed by atoms with Gasteiger partial charge >= 0.3 is 0 Å². The van der Waals surface area contributed by atoms with Crippen LogP contribution < -0.4 is 0 Å². The maximum Gasteiger partial charge on any atom is 0.227 e. The van der Waals surface area contributed by atoms with Crippen LogP contribution in [0.25, 0.3) is 21.6 Å². The average molecular weight is 435 g/mol. The van der Waals surface area contributed by atoms with Crippen LogP contribution in [0.3, 0.4) is 0 Å². The van der Waals surface area contributed by atoms with Crippen LogP contribution in [0.1, 0.15) is 17.3 Å². The van der Waals surface area contributed by atoms with E-state index in [9.17, 15) is 4.79 Å². The van der Waals surface area contributed by atoms with E-state index in [4.69, 9.17) is 9.51 Å². The van der Waals surface area contributed by atoms with E-state index in [-0.39, 0.29) is 5.91 Å². The first-order valence-corrected chi connectivity index (χ1v) is 11.1. The third-order valence-electron chi connectivity index (χ3n) is 5.38. The highest BCUT2D eigenvalue weighted by atomic mass is 32.1. The molecule has 1 fully saturated rings. The van der Waals surface area contributed by atoms with Gasteiger partial charge in [-0.3, -0.25) is 14.7 Å². The maximum absolute atomic E-state index is 12.6. The number of carbonyl (C=O) groups excluding carboxylic acids is 1. The van der Waals surface area contributed by atoms with Gasteiger partial charge in [0, 0.05) is 57.0 Å². The Morgan fingerprint density at radius 1 is 1.03 bits per heavy atom. The summed E-state index contributed by atoms with van der Waals surface area (Å²) >= 11 is 1.74. The van der Waals surface area contributed by atoms with Crippen LogP contribution in [0.2, 0.25) is 0 Å². The first-order chi connectivity index (χ1) is 15.2. The number of carbonyl (C=O) groups is 1. The molecule has 0 bridgehead atoms. The van der Waals surface area contributed by atoms with Crippen LogP contribution in [-0.4, -0.2) is 62.0 Å². The normalized spacial score (nSPS) is 14.9. The predicted octanol–water partition coefficient (Wildman–Crippen LogP) is 3.02. The highest BCUT2D eigenvalue weighted by Crippen LogP contribution is 2.23. The van der Waals surface area contributed by atoms with Crippen molar-refractivity contribution in [3.05, 3.63) is 59.7 Å². The molecule has 0 radical (unpaired) electrons. The fourth-order valence-electron chi connectivity index (χ4n) is 3.68. The van der Waals surface area contributed by atoms with Gasteiger partial charge in [-0.05, 0) is 24.3 Å². The molecule has 1 aliphatic rings. The molecule has 5 rings (SSSR count). The number of aromatic nitrogens is 4. The Balaban J connectivity index is 1.10. The minimum atomic E-state index is 0.128. The number of hydrogen-bond donors (Lipinski definition) is 0. The summed E-state index contributed by atoms with van der Waals surface area (Å²) in [6.07, 6.45) is 4.19. The van der Waals surface area contributed by atoms with E-state index in [0.29, 0.717) is 24.6 Å². The monoisotopic (exact) mass is 434 g/mol. The van der Waals surface area contributed by atoms with Gasteiger partial charge in [-0.2, -0.15) is 4.98 Å². The standard InChI is InChI=1S/C22H22N6O2S/c29-21(6-5-19-25-22(26-30-19)16-7-9-23-10-8-16)28-13-11-27(12-14-28)15-20-24-17-3-1-2-4-18(17)31-20/h1-4,7-10H,5-6,11-15H2. The van der Waals surface area contributed by atoms with Gasteiger partial charge in [-0.1, -0.05) is 17.3 Å². The first-order valence-electron chi connectivity index (χ1n) is 10.3. The number of amides is 1. The predicted molar refractivity (Wildman–Crippen MR) is 117 cm³/mol. The third kappa shape index (κ3) is 4.62. The van der Waals surface area contributed by atoms with Gasteiger partial charge in [0.05, 0.1) is 16.8 Å². The van der Waals surface area contributed by atoms with Crippen molar-refractivity contribution in [2.75, 3.05) is 26.2 Å². The molecule has 158 valence electrons. The van der Waals surface area contributed by atoms with Crippen molar-refractivity contribution in [2.24, 2.45) is 0 Å². The number of hydrogen-bond acceptors (Lipinski definition) is 8. The number of thiazole rings is 1. The van der Waals surface area contributed by atoms with Gasteiger partial charge in [-0.15, -0.1) is 11.3 Å². The highest BCUT2D eigenvalue weighted by Gasteiger charge is 2.22. The SMILES string of the molecule is O=C(CCc1nc(-c2ccncc2)no1)N1CCN(Cc2nc3ccccc3s2)CC1. The maximum atomic E-state index is 12.6. The van der Waals surface area contributed by atoms with Crippen molar-refractivity contribution in [3.63, 3.8) is 0 Å². The van der Waals surface area contributed by atoms with Crippen LogP contribution in [0, 0.1) is 0 Å². The van der Waals surface area contributed by atoms with Crippen molar-refractivity contribution >= 4 is 27.5 Å². The van der Waals surface area contributed by atoms with Crippen LogP contribution in [0.5, 0.6) is 0 Å². The molecule has 0 aliphatic carbocycles. The van der Waals surface area contributed by atoms with E-state index in [1.54, 1.807) is 23.7 Å². The quantitative estimate of drug-likeness (QED) is 0.461. The summed E-state index contributed by atoms with van der Waals surface area (Å²) in [6.45, 7) is 4.01. The Morgan fingerprint density at radius 3 is 2.65 bits per heavy atom. The summed E-state index contributed by atoms with van der Waals surface area (Å²) < 4.78 is 6.52. The van der Waals surface area contributed by atoms with Crippen LogP contribution in [-0.2, 0) is 17.8 Å². The second kappa shape index (κ2) is 8.91. The number of piperazine rings is 1. The van der Waals surface area contributed by atoms with E-state index in [2.05, 4.69) is 32.2 Å². The van der Waals surface area contributed by atoms with Gasteiger partial charge in [0.2, 0.25) is 17.6 Å². The van der Waals surface area contributed by atoms with E-state index in [1.807, 2.05) is 29.2 Å². The van der Waals surface area contributed by atoms with Crippen molar-refractivity contribution in [2.45, 2.75) is 19.4 Å². The molecule has 0 N–H and O–H groups in total. The van der Waals surface area contributed by atoms with Crippen molar-refractivity contribution in [1.82, 2.24) is 29.9 Å². The molecule has 3 aromatic heterocycles. The zero-order valence-electron chi connectivity index (χ0n) is 17.0. The number of nitrogens with zero attached hydrogens (tertiary/aromatic N) is 6. The smallest absolute Gasteiger partial charge is 0.227 e. The summed E-state index contributed by atoms with van der Waals surface area (Å²) in [5.74, 6) is 1.13. The number of pyridine rings is 1. The van der Waals surface area contributed by atoms with E-state index >= 15 is 0 Å². The molecule has 0 unspecified atom stereocenters. The molecule has 1 saturated heterocycles. The number of benzene rings is 1. The zero-order chi connectivity index (χ0) is 21.0. The Hall–Kier alpha value is -3.17. The molecular weight excluding hydrogens is 412 g/mol. The lowest BCUT2D eigenvalue weighted by Crippen LogP contribution is -2.48. The van der Waals surface area contributed by atoms with Gasteiger partial charge < -0.3 is 9.42 Å². The lowest BCUT2D eigenvalue weighted by molar-refractivity contribution is -0.133. The lowest BCUT2D eigenvalue weighted by Gasteiger charge is -2.34. The van der Waals surface area contributed by atoms with Gasteiger partial charge in [0.15, 0.2) is 0 Å². The fraction of sp³-hybridized carbons (Fsp3) is 0.318. The molecule has 4 heterocycles. The number of rotatable bonds is 6. The Bertz CT molecular complexity index is 1130. The van der Waals surface area contributed by atoms with Gasteiger partial charge in [-0.25, -0.2) is 4.98 Å². The summed E-state index contributed by atoms with van der Waals surface area (Å²) in [4.78, 5) is 30.0. The zero-order valence-corrected chi connectivity index (χ0v) is 17.8. The second-order valence-electron chi connectivity index (χ2n) is 7.48. The lowest BCUT2D eigenvalue weighted by atomic mass is 10.2. The molecule has 31 heavy (non-hydrogen) atoms. The number of aryl methyl sites for hydroxylation is 1. The van der Waals surface area contributed by atoms with Gasteiger partial charge in [0.1, 0.15) is 5.01 Å². The Morgan fingerprint density at radius 2 is 1.84 bits per heavy atom. The van der Waals surface area contributed by atoms with Gasteiger partial charge in [0.25, 0.3) is 0 Å². The Kier molecular flexibility index (Phi) is 5.68. The second-order valence-corrected chi connectivity index (χ2v) is 8.60. The minimum absolute atomic E-state index is 0.128. The molecule has 8 nitrogen and oxygen atoms in total. The molecule has 1 amide bonds. The van der Waals surface area contributed by atoms with E-state index < -0.39 is 0 Å². The van der Waals surface area contributed by atoms with E-state index in [0.717, 1.165) is 48.8 Å². The van der Waals surface area contributed by atoms with Crippen molar-refractivity contribution < 1.29 is 9.32 Å². The van der Waals surface area contributed by atoms with E-state index in [1.165, 1.54) is 4.70 Å². The molecule has 1 aromatic carbocycles. The molecule has 9 heteroatoms. The Labute approximate surface area is 183 Å². The summed E-state index contributed by atoms with van der Waals surface area (Å²) in [5.41, 5.74) is 1.91. The molecule has 0 spiro atoms. The fourth-order valence-corrected chi connectivity index (χ4v) is 4.69. The largest absolute Gasteiger partial charge is 0.340 e. The highest BCUT2D eigenvalue weighted by molar-refractivity contribution is 7.18. The topological polar surface area (TPSA) is 88.2 Å². The summed E-state index contributed by atoms with van der Waals surface area (Å²) in [6, 6.07) is 11.9. The minimum Gasteiger partial charge on any atom is -0.340 e. The molecule has 4 aromatic rings. The van der Waals surface area contributed by atoms with Crippen molar-refractivity contribution in [3.8, 4) is 11.4 Å². The third-order valence-corrected chi connectivity index (χ3v) is 6.40. The molecular formula is C22H22N6O2S. The molecule has 1 aliphatic heterocycles. The van der Waals surface area contributed by atoms with Crippen LogP contribution in [0.15, 0.2) is 53.3 Å². The van der Waals surface area contributed by atoms with Crippen LogP contribution >= 0.6 is 11.3 Å².